The topological polar surface area (TPSA) is 40.5 Å². The number of rotatable bonds is 5. The molecule has 0 bridgehead atoms. The van der Waals surface area contributed by atoms with Crippen molar-refractivity contribution in [1.29, 1.82) is 0 Å². The van der Waals surface area contributed by atoms with Gasteiger partial charge in [-0.3, -0.25) is 4.79 Å². The van der Waals surface area contributed by atoms with Crippen LogP contribution in [0.4, 0.5) is 0 Å². The van der Waals surface area contributed by atoms with E-state index in [2.05, 4.69) is 0 Å². The number of hydrogen-bond donors (Lipinski definition) is 1. The maximum atomic E-state index is 11.9. The Morgan fingerprint density at radius 3 is 2.57 bits per heavy atom. The lowest BCUT2D eigenvalue weighted by Crippen LogP contribution is -2.47. The maximum Gasteiger partial charge on any atom is 0.225 e. The van der Waals surface area contributed by atoms with Gasteiger partial charge in [0.25, 0.3) is 0 Å². The van der Waals surface area contributed by atoms with Gasteiger partial charge in [-0.05, 0) is 25.7 Å². The van der Waals surface area contributed by atoms with Crippen LogP contribution in [0.25, 0.3) is 0 Å². The molecular weight excluding hydrogens is 178 g/mol. The molecule has 0 aromatic rings. The minimum atomic E-state index is 0.0820. The predicted octanol–water partition coefficient (Wildman–Crippen LogP) is 1.41. The van der Waals surface area contributed by atoms with E-state index in [1.165, 1.54) is 6.42 Å². The van der Waals surface area contributed by atoms with Crippen LogP contribution in [-0.2, 0) is 4.79 Å². The molecule has 0 aromatic heterocycles. The van der Waals surface area contributed by atoms with Crippen molar-refractivity contribution in [3.63, 3.8) is 0 Å². The summed E-state index contributed by atoms with van der Waals surface area (Å²) in [4.78, 5) is 13.8. The van der Waals surface area contributed by atoms with Gasteiger partial charge < -0.3 is 10.0 Å². The van der Waals surface area contributed by atoms with Crippen molar-refractivity contribution in [1.82, 2.24) is 4.90 Å². The minimum Gasteiger partial charge on any atom is -0.395 e. The monoisotopic (exact) mass is 199 g/mol. The summed E-state index contributed by atoms with van der Waals surface area (Å²) in [5, 5.41) is 8.91. The van der Waals surface area contributed by atoms with Crippen LogP contribution in [-0.4, -0.2) is 35.1 Å². The van der Waals surface area contributed by atoms with Gasteiger partial charge in [0.2, 0.25) is 5.91 Å². The molecule has 0 spiro atoms. The highest BCUT2D eigenvalue weighted by Crippen LogP contribution is 2.26. The Morgan fingerprint density at radius 1 is 1.57 bits per heavy atom. The van der Waals surface area contributed by atoms with E-state index >= 15 is 0 Å². The van der Waals surface area contributed by atoms with Crippen LogP contribution in [0.5, 0.6) is 0 Å². The molecular formula is C11H21NO2. The van der Waals surface area contributed by atoms with Crippen molar-refractivity contribution < 1.29 is 9.90 Å². The third-order valence-electron chi connectivity index (χ3n) is 3.17. The molecule has 1 amide bonds. The zero-order chi connectivity index (χ0) is 10.6. The first-order valence-electron chi connectivity index (χ1n) is 5.62. The molecule has 1 rings (SSSR count). The summed E-state index contributed by atoms with van der Waals surface area (Å²) < 4.78 is 0. The Balaban J connectivity index is 2.51. The van der Waals surface area contributed by atoms with Crippen LogP contribution in [0.3, 0.4) is 0 Å². The number of carbonyl (C=O) groups excluding carboxylic acids is 1. The highest BCUT2D eigenvalue weighted by atomic mass is 16.3. The van der Waals surface area contributed by atoms with Gasteiger partial charge in [-0.2, -0.15) is 0 Å². The number of aliphatic hydroxyl groups is 1. The van der Waals surface area contributed by atoms with Gasteiger partial charge in [0, 0.05) is 18.5 Å². The molecule has 1 unspecified atom stereocenters. The average Bonchev–Trinajstić information content (AvgIpc) is 2.12. The number of amides is 1. The van der Waals surface area contributed by atoms with Crippen molar-refractivity contribution >= 4 is 5.91 Å². The second kappa shape index (κ2) is 5.35. The molecule has 14 heavy (non-hydrogen) atoms. The molecule has 82 valence electrons. The molecule has 1 atom stereocenters. The van der Waals surface area contributed by atoms with E-state index in [0.29, 0.717) is 12.6 Å². The van der Waals surface area contributed by atoms with Gasteiger partial charge in [0.05, 0.1) is 6.61 Å². The van der Waals surface area contributed by atoms with E-state index in [9.17, 15) is 4.79 Å². The van der Waals surface area contributed by atoms with Gasteiger partial charge in [0.1, 0.15) is 0 Å². The highest BCUT2D eigenvalue weighted by molar-refractivity contribution is 5.78. The highest BCUT2D eigenvalue weighted by Gasteiger charge is 2.29. The summed E-state index contributed by atoms with van der Waals surface area (Å²) in [6.07, 6.45) is 4.33. The number of hydrogen-bond acceptors (Lipinski definition) is 2. The smallest absolute Gasteiger partial charge is 0.225 e. The Kier molecular flexibility index (Phi) is 4.39. The fourth-order valence-electron chi connectivity index (χ4n) is 1.74. The first-order valence-corrected chi connectivity index (χ1v) is 5.62. The first-order chi connectivity index (χ1) is 6.70. The Labute approximate surface area is 86.1 Å². The van der Waals surface area contributed by atoms with Crippen molar-refractivity contribution in [3.05, 3.63) is 0 Å². The Morgan fingerprint density at radius 2 is 2.21 bits per heavy atom. The van der Waals surface area contributed by atoms with E-state index in [0.717, 1.165) is 19.3 Å². The van der Waals surface area contributed by atoms with Crippen LogP contribution in [0, 0.1) is 5.92 Å². The lowest BCUT2D eigenvalue weighted by atomic mass is 9.90. The van der Waals surface area contributed by atoms with Crippen molar-refractivity contribution in [2.45, 2.75) is 45.6 Å². The van der Waals surface area contributed by atoms with Crippen LogP contribution in [0.1, 0.15) is 39.5 Å². The van der Waals surface area contributed by atoms with Crippen molar-refractivity contribution in [2.24, 2.45) is 5.92 Å². The molecule has 0 heterocycles. The van der Waals surface area contributed by atoms with Crippen LogP contribution in [0.15, 0.2) is 0 Å². The summed E-state index contributed by atoms with van der Waals surface area (Å²) in [6.45, 7) is 4.58. The molecule has 0 aliphatic heterocycles. The molecule has 1 aliphatic carbocycles. The normalized spacial score (nSPS) is 18.8. The SMILES string of the molecule is CCC(C)C(=O)N(CCO)C1CCC1. The first kappa shape index (κ1) is 11.5. The van der Waals surface area contributed by atoms with E-state index in [-0.39, 0.29) is 18.4 Å². The molecule has 0 radical (unpaired) electrons. The lowest BCUT2D eigenvalue weighted by Gasteiger charge is -2.38. The summed E-state index contributed by atoms with van der Waals surface area (Å²) in [5.41, 5.74) is 0. The molecule has 3 nitrogen and oxygen atoms in total. The lowest BCUT2D eigenvalue weighted by molar-refractivity contribution is -0.139. The minimum absolute atomic E-state index is 0.0820. The van der Waals surface area contributed by atoms with Gasteiger partial charge in [-0.1, -0.05) is 13.8 Å². The predicted molar refractivity (Wildman–Crippen MR) is 55.9 cm³/mol. The quantitative estimate of drug-likeness (QED) is 0.727. The van der Waals surface area contributed by atoms with Crippen molar-refractivity contribution in [2.75, 3.05) is 13.2 Å². The molecule has 0 saturated heterocycles. The van der Waals surface area contributed by atoms with Crippen LogP contribution >= 0.6 is 0 Å². The molecule has 1 fully saturated rings. The van der Waals surface area contributed by atoms with Gasteiger partial charge in [-0.25, -0.2) is 0 Å². The van der Waals surface area contributed by atoms with Crippen LogP contribution < -0.4 is 0 Å². The van der Waals surface area contributed by atoms with Gasteiger partial charge in [0.15, 0.2) is 0 Å². The van der Waals surface area contributed by atoms with Crippen LogP contribution in [0.2, 0.25) is 0 Å². The second-order valence-corrected chi connectivity index (χ2v) is 4.15. The number of nitrogens with zero attached hydrogens (tertiary/aromatic N) is 1. The Bertz CT molecular complexity index is 190. The molecule has 3 heteroatoms. The number of carbonyl (C=O) groups is 1. The second-order valence-electron chi connectivity index (χ2n) is 4.15. The summed E-state index contributed by atoms with van der Waals surface area (Å²) in [5.74, 6) is 0.313. The zero-order valence-electron chi connectivity index (χ0n) is 9.20. The Hall–Kier alpha value is -0.570. The third-order valence-corrected chi connectivity index (χ3v) is 3.17. The molecule has 0 aromatic carbocycles. The molecule has 1 aliphatic rings. The van der Waals surface area contributed by atoms with Gasteiger partial charge in [-0.15, -0.1) is 0 Å². The molecule has 1 N–H and O–H groups in total. The fourth-order valence-corrected chi connectivity index (χ4v) is 1.74. The fraction of sp³-hybridized carbons (Fsp3) is 0.909. The maximum absolute atomic E-state index is 11.9. The van der Waals surface area contributed by atoms with Gasteiger partial charge >= 0.3 is 0 Å². The standard InChI is InChI=1S/C11H21NO2/c1-3-9(2)11(14)12(7-8-13)10-5-4-6-10/h9-10,13H,3-8H2,1-2H3. The molecule has 1 saturated carbocycles. The summed E-state index contributed by atoms with van der Waals surface area (Å²) in [7, 11) is 0. The summed E-state index contributed by atoms with van der Waals surface area (Å²) >= 11 is 0. The third kappa shape index (κ3) is 2.47. The zero-order valence-corrected chi connectivity index (χ0v) is 9.20. The van der Waals surface area contributed by atoms with Crippen molar-refractivity contribution in [3.8, 4) is 0 Å². The van der Waals surface area contributed by atoms with E-state index in [4.69, 9.17) is 5.11 Å². The van der Waals surface area contributed by atoms with E-state index < -0.39 is 0 Å². The number of aliphatic hydroxyl groups excluding tert-OH is 1. The average molecular weight is 199 g/mol. The van der Waals surface area contributed by atoms with E-state index in [1.807, 2.05) is 18.7 Å². The van der Waals surface area contributed by atoms with E-state index in [1.54, 1.807) is 0 Å². The summed E-state index contributed by atoms with van der Waals surface area (Å²) in [6, 6.07) is 0.406. The largest absolute Gasteiger partial charge is 0.395 e.